The Balaban J connectivity index is 1.46. The number of benzene rings is 2. The zero-order chi connectivity index (χ0) is 24.7. The summed E-state index contributed by atoms with van der Waals surface area (Å²) in [6.07, 6.45) is 1.78. The van der Waals surface area contributed by atoms with E-state index in [1.165, 1.54) is 18.2 Å². The Kier molecular flexibility index (Phi) is 5.83. The van der Waals surface area contributed by atoms with Crippen LogP contribution in [-0.2, 0) is 6.42 Å². The third kappa shape index (κ3) is 4.41. The number of fused-ring (bicyclic) bond motifs is 1. The quantitative estimate of drug-likeness (QED) is 0.479. The number of aromatic nitrogens is 2. The van der Waals surface area contributed by atoms with Crippen LogP contribution in [0.5, 0.6) is 17.4 Å². The lowest BCUT2D eigenvalue weighted by atomic mass is 10.00. The summed E-state index contributed by atoms with van der Waals surface area (Å²) in [5, 5.41) is 14.0. The van der Waals surface area contributed by atoms with E-state index in [0.29, 0.717) is 17.7 Å². The van der Waals surface area contributed by atoms with Gasteiger partial charge in [0.1, 0.15) is 5.75 Å². The van der Waals surface area contributed by atoms with Gasteiger partial charge in [0, 0.05) is 6.07 Å². The van der Waals surface area contributed by atoms with Crippen LogP contribution in [0.2, 0.25) is 10.0 Å². The van der Waals surface area contributed by atoms with Crippen molar-refractivity contribution in [2.45, 2.75) is 12.8 Å². The topological polar surface area (TPSA) is 135 Å². The number of H-pyrrole nitrogens is 1. The predicted molar refractivity (Wildman–Crippen MR) is 132 cm³/mol. The molecule has 10 nitrogen and oxygen atoms in total. The summed E-state index contributed by atoms with van der Waals surface area (Å²) < 4.78 is 11.5. The molecule has 2 aromatic carbocycles. The number of hydrogen-bond donors (Lipinski definition) is 3. The van der Waals surface area contributed by atoms with Gasteiger partial charge in [0.2, 0.25) is 5.88 Å². The van der Waals surface area contributed by atoms with Gasteiger partial charge in [-0.3, -0.25) is 4.79 Å². The first-order valence-electron chi connectivity index (χ1n) is 10.5. The van der Waals surface area contributed by atoms with Crippen molar-refractivity contribution in [2.75, 3.05) is 11.6 Å². The van der Waals surface area contributed by atoms with Crippen LogP contribution in [0.25, 0.3) is 11.1 Å². The van der Waals surface area contributed by atoms with Crippen molar-refractivity contribution >= 4 is 40.8 Å². The van der Waals surface area contributed by atoms with Crippen LogP contribution in [0.4, 0.5) is 10.5 Å². The minimum atomic E-state index is -0.576. The molecule has 4 N–H and O–H groups in total. The lowest BCUT2D eigenvalue weighted by Crippen LogP contribution is -2.45. The second kappa shape index (κ2) is 8.97. The van der Waals surface area contributed by atoms with Gasteiger partial charge in [-0.2, -0.15) is 5.01 Å². The molecule has 0 fully saturated rings. The third-order valence-electron chi connectivity index (χ3n) is 5.40. The fourth-order valence-corrected chi connectivity index (χ4v) is 4.24. The largest absolute Gasteiger partial charge is 0.493 e. The van der Waals surface area contributed by atoms with Gasteiger partial charge in [-0.1, -0.05) is 35.8 Å². The van der Waals surface area contributed by atoms with Gasteiger partial charge in [-0.25, -0.2) is 9.89 Å². The van der Waals surface area contributed by atoms with E-state index >= 15 is 0 Å². The number of amidine groups is 1. The van der Waals surface area contributed by atoms with E-state index in [0.717, 1.165) is 29.2 Å². The van der Waals surface area contributed by atoms with Gasteiger partial charge in [-0.15, -0.1) is 10.2 Å². The standard InChI is InChI=1S/C23H18Cl2N6O4/c1-11-21(26)30-31(23(33)27-11)14-8-16(24)20(17(25)9-14)35-19-10-15(22(32)29-28-19)12-4-5-18-13(7-12)3-2-6-34-18/h4-5,7-10H,1-3,6H2,(H2,26,30)(H,27,33)(H,29,32). The average molecular weight is 513 g/mol. The molecule has 2 aliphatic heterocycles. The Labute approximate surface area is 208 Å². The van der Waals surface area contributed by atoms with Gasteiger partial charge in [0.15, 0.2) is 11.6 Å². The molecular weight excluding hydrogens is 495 g/mol. The Morgan fingerprint density at radius 3 is 2.69 bits per heavy atom. The highest BCUT2D eigenvalue weighted by molar-refractivity contribution is 6.37. The number of nitrogens with one attached hydrogen (secondary N) is 2. The zero-order valence-corrected chi connectivity index (χ0v) is 19.6. The minimum Gasteiger partial charge on any atom is -0.493 e. The molecule has 0 spiro atoms. The maximum atomic E-state index is 12.5. The molecule has 0 bridgehead atoms. The van der Waals surface area contributed by atoms with Gasteiger partial charge < -0.3 is 20.5 Å². The van der Waals surface area contributed by atoms with Crippen LogP contribution in [0.3, 0.4) is 0 Å². The summed E-state index contributed by atoms with van der Waals surface area (Å²) in [4.78, 5) is 24.8. The highest BCUT2D eigenvalue weighted by Crippen LogP contribution is 2.40. The van der Waals surface area contributed by atoms with Crippen molar-refractivity contribution in [3.05, 3.63) is 74.6 Å². The summed E-state index contributed by atoms with van der Waals surface area (Å²) >= 11 is 12.8. The number of urea groups is 1. The molecule has 0 radical (unpaired) electrons. The van der Waals surface area contributed by atoms with Gasteiger partial charge in [0.25, 0.3) is 5.56 Å². The van der Waals surface area contributed by atoms with E-state index < -0.39 is 6.03 Å². The highest BCUT2D eigenvalue weighted by atomic mass is 35.5. The predicted octanol–water partition coefficient (Wildman–Crippen LogP) is 4.18. The number of hydrazone groups is 1. The number of aryl methyl sites for hydroxylation is 1. The lowest BCUT2D eigenvalue weighted by Gasteiger charge is -2.24. The van der Waals surface area contributed by atoms with E-state index in [-0.39, 0.29) is 44.5 Å². The van der Waals surface area contributed by atoms with E-state index in [4.69, 9.17) is 38.4 Å². The third-order valence-corrected chi connectivity index (χ3v) is 5.96. The SMILES string of the molecule is C=C1NC(=O)N(c2cc(Cl)c(Oc3cc(-c4ccc5c(c4)CCCO5)c(=O)[nH]n3)c(Cl)c2)N=C1N. The molecule has 0 saturated carbocycles. The first-order chi connectivity index (χ1) is 16.8. The number of anilines is 1. The summed E-state index contributed by atoms with van der Waals surface area (Å²) in [6, 6.07) is 9.36. The number of carbonyl (C=O) groups excluding carboxylic acids is 1. The van der Waals surface area contributed by atoms with Gasteiger partial charge in [-0.05, 0) is 48.2 Å². The van der Waals surface area contributed by atoms with Crippen LogP contribution in [0.1, 0.15) is 12.0 Å². The van der Waals surface area contributed by atoms with E-state index in [1.54, 1.807) is 6.07 Å². The van der Waals surface area contributed by atoms with Crippen LogP contribution in [-0.4, -0.2) is 28.7 Å². The number of amides is 2. The second-order valence-corrected chi connectivity index (χ2v) is 8.58. The first-order valence-corrected chi connectivity index (χ1v) is 11.2. The fourth-order valence-electron chi connectivity index (χ4n) is 3.69. The first kappa shape index (κ1) is 22.8. The normalized spacial score (nSPS) is 15.1. The summed E-state index contributed by atoms with van der Waals surface area (Å²) in [6.45, 7) is 4.28. The molecule has 178 valence electrons. The fraction of sp³-hybridized carbons (Fsp3) is 0.130. The van der Waals surface area contributed by atoms with Crippen LogP contribution >= 0.6 is 23.2 Å². The molecule has 2 aliphatic rings. The Hall–Kier alpha value is -4.02. The average Bonchev–Trinajstić information content (AvgIpc) is 2.84. The number of nitrogens with two attached hydrogens (primary N) is 1. The number of nitrogens with zero attached hydrogens (tertiary/aromatic N) is 3. The Morgan fingerprint density at radius 1 is 1.14 bits per heavy atom. The van der Waals surface area contributed by atoms with Gasteiger partial charge >= 0.3 is 6.03 Å². The van der Waals surface area contributed by atoms with Crippen molar-refractivity contribution < 1.29 is 14.3 Å². The van der Waals surface area contributed by atoms with Gasteiger partial charge in [0.05, 0.1) is 33.6 Å². The molecule has 3 aromatic rings. The highest BCUT2D eigenvalue weighted by Gasteiger charge is 2.25. The van der Waals surface area contributed by atoms with E-state index in [1.807, 2.05) is 12.1 Å². The van der Waals surface area contributed by atoms with Crippen molar-refractivity contribution in [3.63, 3.8) is 0 Å². The number of hydrogen-bond acceptors (Lipinski definition) is 7. The zero-order valence-electron chi connectivity index (χ0n) is 18.1. The maximum Gasteiger partial charge on any atom is 0.347 e. The Bertz CT molecular complexity index is 1450. The van der Waals surface area contributed by atoms with Crippen molar-refractivity contribution in [1.29, 1.82) is 0 Å². The number of halogens is 2. The lowest BCUT2D eigenvalue weighted by molar-refractivity contribution is 0.248. The Morgan fingerprint density at radius 2 is 1.91 bits per heavy atom. The molecule has 0 saturated heterocycles. The summed E-state index contributed by atoms with van der Waals surface area (Å²) in [5.41, 5.74) is 7.90. The minimum absolute atomic E-state index is 0.0379. The van der Waals surface area contributed by atoms with Crippen molar-refractivity contribution in [1.82, 2.24) is 15.5 Å². The molecule has 3 heterocycles. The molecule has 5 rings (SSSR count). The molecule has 2 amide bonds. The molecule has 0 atom stereocenters. The number of ether oxygens (including phenoxy) is 2. The molecule has 12 heteroatoms. The molecular formula is C23H18Cl2N6O4. The van der Waals surface area contributed by atoms with E-state index in [9.17, 15) is 9.59 Å². The van der Waals surface area contributed by atoms with Crippen molar-refractivity contribution in [3.8, 4) is 28.5 Å². The van der Waals surface area contributed by atoms with Crippen molar-refractivity contribution in [2.24, 2.45) is 10.8 Å². The summed E-state index contributed by atoms with van der Waals surface area (Å²) in [5.74, 6) is 1.01. The number of rotatable bonds is 4. The smallest absolute Gasteiger partial charge is 0.347 e. The monoisotopic (exact) mass is 512 g/mol. The molecule has 0 aliphatic carbocycles. The maximum absolute atomic E-state index is 12.5. The molecule has 0 unspecified atom stereocenters. The van der Waals surface area contributed by atoms with Crippen LogP contribution in [0, 0.1) is 0 Å². The van der Waals surface area contributed by atoms with Crippen LogP contribution < -0.4 is 31.1 Å². The summed E-state index contributed by atoms with van der Waals surface area (Å²) in [7, 11) is 0. The molecule has 35 heavy (non-hydrogen) atoms. The molecule has 1 aromatic heterocycles. The van der Waals surface area contributed by atoms with Crippen LogP contribution in [0.15, 0.2) is 58.6 Å². The second-order valence-electron chi connectivity index (χ2n) is 7.77. The van der Waals surface area contributed by atoms with E-state index in [2.05, 4.69) is 27.2 Å². The number of aromatic amines is 1. The number of carbonyl (C=O) groups is 1.